The third-order valence-electron chi connectivity index (χ3n) is 2.96. The van der Waals surface area contributed by atoms with Crippen LogP contribution in [0.15, 0.2) is 47.1 Å². The van der Waals surface area contributed by atoms with Crippen LogP contribution in [-0.2, 0) is 0 Å². The molecule has 0 unspecified atom stereocenters. The molecule has 0 atom stereocenters. The second-order valence-corrected chi connectivity index (χ2v) is 4.98. The minimum atomic E-state index is -0.235. The Labute approximate surface area is 112 Å². The number of halogens is 2. The van der Waals surface area contributed by atoms with Crippen molar-refractivity contribution in [2.45, 2.75) is 6.92 Å². The zero-order valence-electron chi connectivity index (χ0n) is 9.69. The first-order valence-electron chi connectivity index (χ1n) is 5.55. The SMILES string of the molecule is Cc1c(Br)ccc2nc(-c3ccc(F)cc3)cn12. The van der Waals surface area contributed by atoms with Crippen LogP contribution in [0.25, 0.3) is 16.9 Å². The topological polar surface area (TPSA) is 17.3 Å². The van der Waals surface area contributed by atoms with Crippen LogP contribution in [0.3, 0.4) is 0 Å². The minimum Gasteiger partial charge on any atom is -0.303 e. The Balaban J connectivity index is 2.19. The number of pyridine rings is 1. The molecule has 18 heavy (non-hydrogen) atoms. The van der Waals surface area contributed by atoms with Gasteiger partial charge < -0.3 is 4.40 Å². The predicted molar refractivity (Wildman–Crippen MR) is 73.0 cm³/mol. The molecule has 3 aromatic rings. The molecule has 0 N–H and O–H groups in total. The van der Waals surface area contributed by atoms with Gasteiger partial charge in [0, 0.05) is 21.9 Å². The lowest BCUT2D eigenvalue weighted by Gasteiger charge is -2.00. The first kappa shape index (κ1) is 11.4. The fraction of sp³-hybridized carbons (Fsp3) is 0.0714. The first-order valence-corrected chi connectivity index (χ1v) is 6.34. The molecular formula is C14H10BrFN2. The van der Waals surface area contributed by atoms with E-state index in [4.69, 9.17) is 0 Å². The number of aromatic nitrogens is 2. The van der Waals surface area contributed by atoms with Crippen molar-refractivity contribution in [1.82, 2.24) is 9.38 Å². The zero-order chi connectivity index (χ0) is 12.7. The van der Waals surface area contributed by atoms with Gasteiger partial charge in [0.1, 0.15) is 11.5 Å². The number of hydrogen-bond donors (Lipinski definition) is 0. The van der Waals surface area contributed by atoms with Crippen LogP contribution < -0.4 is 0 Å². The number of aryl methyl sites for hydroxylation is 1. The van der Waals surface area contributed by atoms with Crippen molar-refractivity contribution in [2.24, 2.45) is 0 Å². The van der Waals surface area contributed by atoms with Gasteiger partial charge in [-0.3, -0.25) is 0 Å². The number of fused-ring (bicyclic) bond motifs is 1. The highest BCUT2D eigenvalue weighted by atomic mass is 79.9. The van der Waals surface area contributed by atoms with Crippen LogP contribution in [0.5, 0.6) is 0 Å². The average molecular weight is 305 g/mol. The van der Waals surface area contributed by atoms with Gasteiger partial charge in [0.25, 0.3) is 0 Å². The van der Waals surface area contributed by atoms with Crippen molar-refractivity contribution in [3.8, 4) is 11.3 Å². The van der Waals surface area contributed by atoms with Gasteiger partial charge in [0.2, 0.25) is 0 Å². The predicted octanol–water partition coefficient (Wildman–Crippen LogP) is 4.21. The molecule has 0 saturated carbocycles. The quantitative estimate of drug-likeness (QED) is 0.658. The van der Waals surface area contributed by atoms with E-state index in [1.54, 1.807) is 12.1 Å². The molecule has 0 aliphatic carbocycles. The molecule has 1 aromatic carbocycles. The van der Waals surface area contributed by atoms with E-state index in [2.05, 4.69) is 20.9 Å². The van der Waals surface area contributed by atoms with Gasteiger partial charge >= 0.3 is 0 Å². The maximum absolute atomic E-state index is 12.9. The molecule has 2 nitrogen and oxygen atoms in total. The lowest BCUT2D eigenvalue weighted by molar-refractivity contribution is 0.628. The van der Waals surface area contributed by atoms with E-state index in [1.807, 2.05) is 29.7 Å². The summed E-state index contributed by atoms with van der Waals surface area (Å²) in [6.07, 6.45) is 1.96. The molecule has 90 valence electrons. The monoisotopic (exact) mass is 304 g/mol. The summed E-state index contributed by atoms with van der Waals surface area (Å²) in [5.74, 6) is -0.235. The van der Waals surface area contributed by atoms with Gasteiger partial charge in [-0.25, -0.2) is 9.37 Å². The Bertz CT molecular complexity index is 716. The highest BCUT2D eigenvalue weighted by Crippen LogP contribution is 2.23. The maximum Gasteiger partial charge on any atom is 0.137 e. The van der Waals surface area contributed by atoms with Crippen molar-refractivity contribution < 1.29 is 4.39 Å². The molecule has 0 amide bonds. The second-order valence-electron chi connectivity index (χ2n) is 4.13. The van der Waals surface area contributed by atoms with Gasteiger partial charge in [-0.15, -0.1) is 0 Å². The van der Waals surface area contributed by atoms with E-state index in [9.17, 15) is 4.39 Å². The third kappa shape index (κ3) is 1.82. The number of rotatable bonds is 1. The van der Waals surface area contributed by atoms with Gasteiger partial charge in [-0.05, 0) is 59.3 Å². The van der Waals surface area contributed by atoms with Gasteiger partial charge in [-0.2, -0.15) is 0 Å². The molecule has 0 saturated heterocycles. The zero-order valence-corrected chi connectivity index (χ0v) is 11.3. The molecule has 0 radical (unpaired) electrons. The lowest BCUT2D eigenvalue weighted by atomic mass is 10.2. The molecule has 2 aromatic heterocycles. The minimum absolute atomic E-state index is 0.235. The Morgan fingerprint density at radius 3 is 2.56 bits per heavy atom. The van der Waals surface area contributed by atoms with Gasteiger partial charge in [-0.1, -0.05) is 0 Å². The highest BCUT2D eigenvalue weighted by molar-refractivity contribution is 9.10. The van der Waals surface area contributed by atoms with Crippen molar-refractivity contribution >= 4 is 21.6 Å². The number of nitrogens with zero attached hydrogens (tertiary/aromatic N) is 2. The standard InChI is InChI=1S/C14H10BrFN2/c1-9-12(15)6-7-14-17-13(8-18(9)14)10-2-4-11(16)5-3-10/h2-8H,1H3. The van der Waals surface area contributed by atoms with E-state index < -0.39 is 0 Å². The summed E-state index contributed by atoms with van der Waals surface area (Å²) in [6, 6.07) is 10.3. The Hall–Kier alpha value is -1.68. The maximum atomic E-state index is 12.9. The third-order valence-corrected chi connectivity index (χ3v) is 3.80. The summed E-state index contributed by atoms with van der Waals surface area (Å²) in [7, 11) is 0. The average Bonchev–Trinajstić information content (AvgIpc) is 2.80. The molecule has 0 spiro atoms. The van der Waals surface area contributed by atoms with Crippen LogP contribution in [0.4, 0.5) is 4.39 Å². The molecule has 2 heterocycles. The Morgan fingerprint density at radius 1 is 1.11 bits per heavy atom. The normalized spacial score (nSPS) is 11.1. The summed E-state index contributed by atoms with van der Waals surface area (Å²) >= 11 is 3.49. The molecule has 4 heteroatoms. The van der Waals surface area contributed by atoms with E-state index in [0.29, 0.717) is 0 Å². The second kappa shape index (κ2) is 4.21. The molecule has 0 bridgehead atoms. The van der Waals surface area contributed by atoms with Crippen molar-refractivity contribution in [2.75, 3.05) is 0 Å². The van der Waals surface area contributed by atoms with Gasteiger partial charge in [0.05, 0.1) is 5.69 Å². The van der Waals surface area contributed by atoms with Crippen molar-refractivity contribution in [3.63, 3.8) is 0 Å². The number of imidazole rings is 1. The van der Waals surface area contributed by atoms with Gasteiger partial charge in [0.15, 0.2) is 0 Å². The van der Waals surface area contributed by atoms with Crippen molar-refractivity contribution in [1.29, 1.82) is 0 Å². The lowest BCUT2D eigenvalue weighted by Crippen LogP contribution is -1.89. The van der Waals surface area contributed by atoms with Crippen molar-refractivity contribution in [3.05, 3.63) is 58.6 Å². The Morgan fingerprint density at radius 2 is 1.83 bits per heavy atom. The van der Waals surface area contributed by atoms with E-state index >= 15 is 0 Å². The van der Waals surface area contributed by atoms with Crippen LogP contribution >= 0.6 is 15.9 Å². The summed E-state index contributed by atoms with van der Waals surface area (Å²) < 4.78 is 15.9. The van der Waals surface area contributed by atoms with E-state index in [0.717, 1.165) is 27.1 Å². The molecule has 3 rings (SSSR count). The summed E-state index contributed by atoms with van der Waals surface area (Å²) in [5, 5.41) is 0. The smallest absolute Gasteiger partial charge is 0.137 e. The first-order chi connectivity index (χ1) is 8.65. The van der Waals surface area contributed by atoms with E-state index in [-0.39, 0.29) is 5.82 Å². The molecule has 0 aliphatic rings. The molecule has 0 aliphatic heterocycles. The fourth-order valence-corrected chi connectivity index (χ4v) is 2.25. The molecule has 0 fully saturated rings. The molecular weight excluding hydrogens is 295 g/mol. The van der Waals surface area contributed by atoms with Crippen LogP contribution in [0.2, 0.25) is 0 Å². The Kier molecular flexibility index (Phi) is 2.67. The summed E-state index contributed by atoms with van der Waals surface area (Å²) in [4.78, 5) is 4.53. The van der Waals surface area contributed by atoms with Crippen LogP contribution in [-0.4, -0.2) is 9.38 Å². The fourth-order valence-electron chi connectivity index (χ4n) is 1.92. The number of hydrogen-bond acceptors (Lipinski definition) is 1. The largest absolute Gasteiger partial charge is 0.303 e. The number of benzene rings is 1. The highest BCUT2D eigenvalue weighted by Gasteiger charge is 2.07. The van der Waals surface area contributed by atoms with Crippen LogP contribution in [0, 0.1) is 12.7 Å². The van der Waals surface area contributed by atoms with E-state index in [1.165, 1.54) is 12.1 Å². The summed E-state index contributed by atoms with van der Waals surface area (Å²) in [6.45, 7) is 2.02. The summed E-state index contributed by atoms with van der Waals surface area (Å²) in [5.41, 5.74) is 3.73. The van der Waals surface area contributed by atoms with Crippen LogP contribution in [0.1, 0.15) is 5.69 Å².